The second-order valence-electron chi connectivity index (χ2n) is 6.10. The third-order valence-electron chi connectivity index (χ3n) is 3.25. The molecule has 0 saturated carbocycles. The van der Waals surface area contributed by atoms with E-state index in [9.17, 15) is 5.21 Å². The lowest BCUT2D eigenvalue weighted by molar-refractivity contribution is -0.163. The minimum atomic E-state index is -0.449. The zero-order chi connectivity index (χ0) is 11.4. The highest BCUT2D eigenvalue weighted by Crippen LogP contribution is 2.40. The summed E-state index contributed by atoms with van der Waals surface area (Å²) in [4.78, 5) is 4.56. The minimum Gasteiger partial charge on any atom is -0.261 e. The van der Waals surface area contributed by atoms with Gasteiger partial charge < -0.3 is 0 Å². The first-order valence-electron chi connectivity index (χ1n) is 5.08. The number of nitrogens with zero attached hydrogens (tertiary/aromatic N) is 2. The van der Waals surface area contributed by atoms with Crippen LogP contribution in [0.5, 0.6) is 0 Å². The van der Waals surface area contributed by atoms with Gasteiger partial charge in [0.25, 0.3) is 0 Å². The van der Waals surface area contributed by atoms with E-state index in [1.54, 1.807) is 0 Å². The predicted octanol–water partition coefficient (Wildman–Crippen LogP) is 2.65. The molecular weight excluding hydrogens is 176 g/mol. The van der Waals surface area contributed by atoms with Crippen LogP contribution in [-0.2, 0) is 5.21 Å². The second-order valence-corrected chi connectivity index (χ2v) is 6.10. The van der Waals surface area contributed by atoms with E-state index >= 15 is 0 Å². The molecule has 0 N–H and O–H groups in total. The molecular formula is C11H21N2O. The maximum atomic E-state index is 12.1. The molecule has 1 aliphatic rings. The van der Waals surface area contributed by atoms with Crippen molar-refractivity contribution < 1.29 is 5.21 Å². The molecule has 0 fully saturated rings. The molecule has 3 heteroatoms. The van der Waals surface area contributed by atoms with Crippen LogP contribution in [0.2, 0.25) is 0 Å². The van der Waals surface area contributed by atoms with E-state index in [1.165, 1.54) is 0 Å². The Hall–Kier alpha value is -0.570. The van der Waals surface area contributed by atoms with Gasteiger partial charge in [-0.05, 0) is 27.7 Å². The maximum absolute atomic E-state index is 12.1. The Morgan fingerprint density at radius 2 is 1.57 bits per heavy atom. The van der Waals surface area contributed by atoms with E-state index in [-0.39, 0.29) is 11.0 Å². The summed E-state index contributed by atoms with van der Waals surface area (Å²) >= 11 is 0. The number of hydrogen-bond acceptors (Lipinski definition) is 2. The number of aliphatic imine (C=N–C) groups is 1. The average Bonchev–Trinajstić information content (AvgIpc) is 2.09. The van der Waals surface area contributed by atoms with Crippen molar-refractivity contribution >= 4 is 5.84 Å². The summed E-state index contributed by atoms with van der Waals surface area (Å²) in [6.45, 7) is 14.0. The van der Waals surface area contributed by atoms with E-state index in [2.05, 4.69) is 4.99 Å². The minimum absolute atomic E-state index is 0.174. The molecule has 1 radical (unpaired) electrons. The quantitative estimate of drug-likeness (QED) is 0.588. The normalized spacial score (nSPS) is 25.1. The molecule has 0 aromatic heterocycles. The van der Waals surface area contributed by atoms with Gasteiger partial charge in [0.2, 0.25) is 0 Å². The van der Waals surface area contributed by atoms with Gasteiger partial charge in [-0.1, -0.05) is 26.0 Å². The van der Waals surface area contributed by atoms with Crippen LogP contribution in [0.4, 0.5) is 0 Å². The molecule has 81 valence electrons. The van der Waals surface area contributed by atoms with Crippen LogP contribution in [0.3, 0.4) is 0 Å². The fourth-order valence-corrected chi connectivity index (χ4v) is 1.43. The first-order valence-corrected chi connectivity index (χ1v) is 5.08. The summed E-state index contributed by atoms with van der Waals surface area (Å²) in [6.07, 6.45) is 0. The summed E-state index contributed by atoms with van der Waals surface area (Å²) in [5.41, 5.74) is -0.931. The molecule has 0 aromatic carbocycles. The van der Waals surface area contributed by atoms with Crippen LogP contribution < -0.4 is 0 Å². The van der Waals surface area contributed by atoms with E-state index in [1.807, 2.05) is 48.5 Å². The average molecular weight is 197 g/mol. The molecule has 3 nitrogen and oxygen atoms in total. The molecule has 0 amide bonds. The Balaban J connectivity index is 3.16. The van der Waals surface area contributed by atoms with Crippen molar-refractivity contribution in [2.24, 2.45) is 10.4 Å². The fraction of sp³-hybridized carbons (Fsp3) is 0.909. The monoisotopic (exact) mass is 197 g/mol. The maximum Gasteiger partial charge on any atom is 0.133 e. The van der Waals surface area contributed by atoms with Crippen LogP contribution in [-0.4, -0.2) is 22.0 Å². The molecule has 14 heavy (non-hydrogen) atoms. The Morgan fingerprint density at radius 1 is 1.14 bits per heavy atom. The molecule has 0 atom stereocenters. The standard InChI is InChI=1S/C11H21N2O/c1-9(2,3)8-12-10(4,5)11(6,7)13(8)14/h1-7H3. The number of amidine groups is 1. The lowest BCUT2D eigenvalue weighted by atomic mass is 9.84. The van der Waals surface area contributed by atoms with E-state index < -0.39 is 5.54 Å². The van der Waals surface area contributed by atoms with E-state index in [0.717, 1.165) is 5.06 Å². The predicted molar refractivity (Wildman–Crippen MR) is 57.6 cm³/mol. The topological polar surface area (TPSA) is 35.5 Å². The lowest BCUT2D eigenvalue weighted by Gasteiger charge is -2.36. The van der Waals surface area contributed by atoms with Gasteiger partial charge in [-0.3, -0.25) is 4.99 Å². The summed E-state index contributed by atoms with van der Waals surface area (Å²) in [5, 5.41) is 13.2. The Kier molecular flexibility index (Phi) is 2.24. The van der Waals surface area contributed by atoms with Gasteiger partial charge in [-0.15, -0.1) is 0 Å². The Morgan fingerprint density at radius 3 is 1.71 bits per heavy atom. The molecule has 0 aliphatic carbocycles. The highest BCUT2D eigenvalue weighted by Gasteiger charge is 2.52. The van der Waals surface area contributed by atoms with Crippen LogP contribution in [0.15, 0.2) is 4.99 Å². The van der Waals surface area contributed by atoms with Crippen LogP contribution in [0, 0.1) is 5.41 Å². The zero-order valence-electron chi connectivity index (χ0n) is 10.3. The van der Waals surface area contributed by atoms with Crippen molar-refractivity contribution in [3.63, 3.8) is 0 Å². The van der Waals surface area contributed by atoms with Crippen molar-refractivity contribution in [3.05, 3.63) is 0 Å². The van der Waals surface area contributed by atoms with Crippen molar-refractivity contribution in [3.8, 4) is 0 Å². The smallest absolute Gasteiger partial charge is 0.133 e. The Bertz CT molecular complexity index is 272. The number of hydroxylamine groups is 2. The summed E-state index contributed by atoms with van der Waals surface area (Å²) in [5.74, 6) is 0.660. The zero-order valence-corrected chi connectivity index (χ0v) is 10.3. The third-order valence-corrected chi connectivity index (χ3v) is 3.25. The first kappa shape index (κ1) is 11.5. The second kappa shape index (κ2) is 2.72. The van der Waals surface area contributed by atoms with Gasteiger partial charge >= 0.3 is 0 Å². The molecule has 1 heterocycles. The van der Waals surface area contributed by atoms with Crippen molar-refractivity contribution in [2.75, 3.05) is 0 Å². The molecule has 0 bridgehead atoms. The number of rotatable bonds is 0. The lowest BCUT2D eigenvalue weighted by Crippen LogP contribution is -2.52. The van der Waals surface area contributed by atoms with Gasteiger partial charge in [0.15, 0.2) is 0 Å². The largest absolute Gasteiger partial charge is 0.261 e. The fourth-order valence-electron chi connectivity index (χ4n) is 1.43. The van der Waals surface area contributed by atoms with Gasteiger partial charge in [0, 0.05) is 5.41 Å². The van der Waals surface area contributed by atoms with Gasteiger partial charge in [-0.2, -0.15) is 5.06 Å². The highest BCUT2D eigenvalue weighted by molar-refractivity contribution is 5.89. The summed E-state index contributed by atoms with van der Waals surface area (Å²) < 4.78 is 0. The molecule has 0 spiro atoms. The third kappa shape index (κ3) is 1.44. The molecule has 1 rings (SSSR count). The van der Waals surface area contributed by atoms with Gasteiger partial charge in [-0.25, -0.2) is 0 Å². The Labute approximate surface area is 86.8 Å². The first-order chi connectivity index (χ1) is 6.00. The SMILES string of the molecule is CC(C)(C)C1=NC(C)(C)C(C)(C)N1[O]. The van der Waals surface area contributed by atoms with Crippen molar-refractivity contribution in [1.29, 1.82) is 0 Å². The van der Waals surface area contributed by atoms with Crippen molar-refractivity contribution in [1.82, 2.24) is 5.06 Å². The van der Waals surface area contributed by atoms with Crippen LogP contribution in [0.25, 0.3) is 0 Å². The summed E-state index contributed by atoms with van der Waals surface area (Å²) in [6, 6.07) is 0. The van der Waals surface area contributed by atoms with E-state index in [0.29, 0.717) is 5.84 Å². The molecule has 0 unspecified atom stereocenters. The van der Waals surface area contributed by atoms with Crippen molar-refractivity contribution in [2.45, 2.75) is 59.5 Å². The highest BCUT2D eigenvalue weighted by atomic mass is 16.5. The van der Waals surface area contributed by atoms with Gasteiger partial charge in [0.1, 0.15) is 5.84 Å². The molecule has 0 saturated heterocycles. The van der Waals surface area contributed by atoms with Crippen LogP contribution in [0.1, 0.15) is 48.5 Å². The molecule has 1 aliphatic heterocycles. The molecule has 0 aromatic rings. The summed E-state index contributed by atoms with van der Waals surface area (Å²) in [7, 11) is 0. The van der Waals surface area contributed by atoms with Crippen LogP contribution >= 0.6 is 0 Å². The van der Waals surface area contributed by atoms with Gasteiger partial charge in [0.05, 0.1) is 11.1 Å². The van der Waals surface area contributed by atoms with E-state index in [4.69, 9.17) is 0 Å². The number of hydrogen-bond donors (Lipinski definition) is 0.